The van der Waals surface area contributed by atoms with Crippen molar-refractivity contribution in [1.29, 1.82) is 0 Å². The molecule has 2 aliphatic rings. The van der Waals surface area contributed by atoms with Gasteiger partial charge in [0.25, 0.3) is 10.1 Å². The van der Waals surface area contributed by atoms with Crippen molar-refractivity contribution in [1.82, 2.24) is 0 Å². The smallest absolute Gasteiger partial charge is 0.302 e. The Morgan fingerprint density at radius 3 is 2.36 bits per heavy atom. The fraction of sp³-hybridized carbons (Fsp3) is 0.632. The highest BCUT2D eigenvalue weighted by Gasteiger charge is 2.61. The standard InChI is InChI=1S/C19H26O8S/c1-12(20)23-11-14-15-18(26-19(2,3)25-15)17(16(14)27-28(4,21)22)24-10-13-8-6-5-7-9-13/h5-9,14-18H,10-11H2,1-4H3/t14-,15+,16-,17+,18+/m1/s1. The monoisotopic (exact) mass is 414 g/mol. The van der Waals surface area contributed by atoms with E-state index >= 15 is 0 Å². The van der Waals surface area contributed by atoms with Crippen LogP contribution in [0, 0.1) is 5.92 Å². The third-order valence-corrected chi connectivity index (χ3v) is 5.28. The molecule has 1 saturated heterocycles. The summed E-state index contributed by atoms with van der Waals surface area (Å²) in [5, 5.41) is 0. The van der Waals surface area contributed by atoms with Crippen LogP contribution in [0.3, 0.4) is 0 Å². The highest BCUT2D eigenvalue weighted by Crippen LogP contribution is 2.45. The number of hydrogen-bond acceptors (Lipinski definition) is 8. The maximum absolute atomic E-state index is 11.9. The summed E-state index contributed by atoms with van der Waals surface area (Å²) in [4.78, 5) is 11.3. The van der Waals surface area contributed by atoms with Gasteiger partial charge >= 0.3 is 5.97 Å². The third-order valence-electron chi connectivity index (χ3n) is 4.71. The lowest BCUT2D eigenvalue weighted by Gasteiger charge is -2.29. The second-order valence-corrected chi connectivity index (χ2v) is 9.16. The van der Waals surface area contributed by atoms with Gasteiger partial charge in [-0.2, -0.15) is 8.42 Å². The minimum atomic E-state index is -3.79. The van der Waals surface area contributed by atoms with Gasteiger partial charge in [-0.3, -0.25) is 8.98 Å². The van der Waals surface area contributed by atoms with Gasteiger partial charge in [0, 0.05) is 6.92 Å². The molecule has 0 aromatic heterocycles. The molecule has 1 aliphatic carbocycles. The van der Waals surface area contributed by atoms with Gasteiger partial charge in [-0.15, -0.1) is 0 Å². The SMILES string of the molecule is CC(=O)OC[C@H]1[C@@H](OS(C)(=O)=O)[C@H](OCc2ccccc2)[C@H]2OC(C)(C)O[C@@H]12. The van der Waals surface area contributed by atoms with Gasteiger partial charge in [0.15, 0.2) is 5.79 Å². The average Bonchev–Trinajstić information content (AvgIpc) is 3.01. The van der Waals surface area contributed by atoms with Crippen LogP contribution in [0.4, 0.5) is 0 Å². The topological polar surface area (TPSA) is 97.4 Å². The van der Waals surface area contributed by atoms with Crippen LogP contribution < -0.4 is 0 Å². The summed E-state index contributed by atoms with van der Waals surface area (Å²) in [6.07, 6.45) is -1.71. The molecular weight excluding hydrogens is 388 g/mol. The summed E-state index contributed by atoms with van der Waals surface area (Å²) in [7, 11) is -3.79. The van der Waals surface area contributed by atoms with Crippen LogP contribution in [-0.4, -0.2) is 57.5 Å². The van der Waals surface area contributed by atoms with Crippen molar-refractivity contribution in [3.63, 3.8) is 0 Å². The van der Waals surface area contributed by atoms with E-state index in [0.29, 0.717) is 0 Å². The fourth-order valence-corrected chi connectivity index (χ4v) is 4.36. The van der Waals surface area contributed by atoms with Crippen LogP contribution in [0.5, 0.6) is 0 Å². The quantitative estimate of drug-likeness (QED) is 0.491. The van der Waals surface area contributed by atoms with Crippen LogP contribution in [-0.2, 0) is 44.7 Å². The van der Waals surface area contributed by atoms with Gasteiger partial charge in [0.1, 0.15) is 18.3 Å². The van der Waals surface area contributed by atoms with Crippen LogP contribution in [0.2, 0.25) is 0 Å². The summed E-state index contributed by atoms with van der Waals surface area (Å²) in [6, 6.07) is 9.50. The van der Waals surface area contributed by atoms with Crippen molar-refractivity contribution >= 4 is 16.1 Å². The minimum Gasteiger partial charge on any atom is -0.465 e. The van der Waals surface area contributed by atoms with Gasteiger partial charge < -0.3 is 18.9 Å². The van der Waals surface area contributed by atoms with E-state index in [1.165, 1.54) is 6.92 Å². The van der Waals surface area contributed by atoms with E-state index < -0.39 is 52.2 Å². The molecule has 1 aliphatic heterocycles. The summed E-state index contributed by atoms with van der Waals surface area (Å²) < 4.78 is 52.3. The van der Waals surface area contributed by atoms with Gasteiger partial charge in [-0.1, -0.05) is 30.3 Å². The van der Waals surface area contributed by atoms with E-state index in [-0.39, 0.29) is 13.2 Å². The number of benzene rings is 1. The molecule has 0 unspecified atom stereocenters. The first kappa shape index (κ1) is 21.2. The lowest BCUT2D eigenvalue weighted by atomic mass is 10.0. The second kappa shape index (κ2) is 8.08. The molecule has 0 spiro atoms. The summed E-state index contributed by atoms with van der Waals surface area (Å²) in [5.74, 6) is -1.89. The maximum Gasteiger partial charge on any atom is 0.302 e. The Morgan fingerprint density at radius 2 is 1.75 bits per heavy atom. The Kier molecular flexibility index (Phi) is 6.11. The lowest BCUT2D eigenvalue weighted by molar-refractivity contribution is -0.189. The Morgan fingerprint density at radius 1 is 1.11 bits per heavy atom. The number of fused-ring (bicyclic) bond motifs is 1. The Bertz CT molecular complexity index is 791. The van der Waals surface area contributed by atoms with Crippen LogP contribution in [0.15, 0.2) is 30.3 Å². The minimum absolute atomic E-state index is 0.0542. The number of ether oxygens (including phenoxy) is 4. The molecule has 9 heteroatoms. The van der Waals surface area contributed by atoms with Crippen LogP contribution in [0.1, 0.15) is 26.3 Å². The first-order valence-electron chi connectivity index (χ1n) is 9.08. The first-order valence-corrected chi connectivity index (χ1v) is 10.9. The predicted octanol–water partition coefficient (Wildman–Crippen LogP) is 1.63. The molecule has 0 radical (unpaired) electrons. The Hall–Kier alpha value is -1.52. The molecule has 0 N–H and O–H groups in total. The molecule has 1 heterocycles. The fourth-order valence-electron chi connectivity index (χ4n) is 3.71. The summed E-state index contributed by atoms with van der Waals surface area (Å²) in [5.41, 5.74) is 0.929. The van der Waals surface area contributed by atoms with E-state index in [0.717, 1.165) is 11.8 Å². The number of rotatable bonds is 7. The van der Waals surface area contributed by atoms with Crippen molar-refractivity contribution in [2.45, 2.75) is 57.6 Å². The lowest BCUT2D eigenvalue weighted by Crippen LogP contribution is -2.41. The molecule has 2 fully saturated rings. The zero-order valence-electron chi connectivity index (χ0n) is 16.4. The van der Waals surface area contributed by atoms with Crippen molar-refractivity contribution in [2.75, 3.05) is 12.9 Å². The predicted molar refractivity (Wildman–Crippen MR) is 98.7 cm³/mol. The number of esters is 1. The molecule has 0 amide bonds. The number of carbonyl (C=O) groups is 1. The second-order valence-electron chi connectivity index (χ2n) is 7.56. The molecule has 1 aromatic rings. The first-order chi connectivity index (χ1) is 13.1. The normalized spacial score (nSPS) is 31.5. The number of hydrogen-bond donors (Lipinski definition) is 0. The van der Waals surface area contributed by atoms with E-state index in [4.69, 9.17) is 23.1 Å². The van der Waals surface area contributed by atoms with Gasteiger partial charge in [0.05, 0.1) is 31.5 Å². The van der Waals surface area contributed by atoms with Crippen molar-refractivity contribution < 1.29 is 36.3 Å². The molecule has 3 rings (SSSR count). The molecule has 0 bridgehead atoms. The van der Waals surface area contributed by atoms with Gasteiger partial charge in [0.2, 0.25) is 0 Å². The van der Waals surface area contributed by atoms with E-state index in [9.17, 15) is 13.2 Å². The Balaban J connectivity index is 1.86. The van der Waals surface area contributed by atoms with Crippen LogP contribution in [0.25, 0.3) is 0 Å². The van der Waals surface area contributed by atoms with Gasteiger partial charge in [-0.05, 0) is 19.4 Å². The molecule has 156 valence electrons. The van der Waals surface area contributed by atoms with E-state index in [2.05, 4.69) is 0 Å². The number of carbonyl (C=O) groups excluding carboxylic acids is 1. The summed E-state index contributed by atoms with van der Waals surface area (Å²) in [6.45, 7) is 5.03. The highest BCUT2D eigenvalue weighted by molar-refractivity contribution is 7.86. The third kappa shape index (κ3) is 5.09. The summed E-state index contributed by atoms with van der Waals surface area (Å²) >= 11 is 0. The highest BCUT2D eigenvalue weighted by atomic mass is 32.2. The van der Waals surface area contributed by atoms with Crippen molar-refractivity contribution in [3.8, 4) is 0 Å². The Labute approximate surface area is 165 Å². The molecule has 28 heavy (non-hydrogen) atoms. The molecule has 8 nitrogen and oxygen atoms in total. The van der Waals surface area contributed by atoms with Crippen LogP contribution >= 0.6 is 0 Å². The molecule has 5 atom stereocenters. The molecule has 1 aromatic carbocycles. The molecule has 1 saturated carbocycles. The zero-order chi connectivity index (χ0) is 20.5. The van der Waals surface area contributed by atoms with Gasteiger partial charge in [-0.25, -0.2) is 0 Å². The van der Waals surface area contributed by atoms with Crippen molar-refractivity contribution in [2.24, 2.45) is 5.92 Å². The van der Waals surface area contributed by atoms with E-state index in [1.54, 1.807) is 13.8 Å². The van der Waals surface area contributed by atoms with Crippen molar-refractivity contribution in [3.05, 3.63) is 35.9 Å². The zero-order valence-corrected chi connectivity index (χ0v) is 17.2. The maximum atomic E-state index is 11.9. The average molecular weight is 414 g/mol. The van der Waals surface area contributed by atoms with E-state index in [1.807, 2.05) is 30.3 Å². The largest absolute Gasteiger partial charge is 0.465 e. The molecular formula is C19H26O8S.